The molecule has 8 heteroatoms. The summed E-state index contributed by atoms with van der Waals surface area (Å²) in [5, 5.41) is 17.5. The quantitative estimate of drug-likeness (QED) is 0.704. The molecule has 1 saturated heterocycles. The van der Waals surface area contributed by atoms with Gasteiger partial charge in [-0.05, 0) is 45.0 Å². The summed E-state index contributed by atoms with van der Waals surface area (Å²) in [6.07, 6.45) is 2.41. The van der Waals surface area contributed by atoms with Crippen LogP contribution in [0.25, 0.3) is 5.65 Å². The Morgan fingerprint density at radius 3 is 2.92 bits per heavy atom. The van der Waals surface area contributed by atoms with Crippen molar-refractivity contribution in [3.63, 3.8) is 0 Å². The molecule has 0 spiro atoms. The first-order valence-corrected chi connectivity index (χ1v) is 8.87. The molecule has 2 aliphatic rings. The topological polar surface area (TPSA) is 67.4 Å². The molecule has 0 bridgehead atoms. The Bertz CT molecular complexity index is 899. The highest BCUT2D eigenvalue weighted by molar-refractivity contribution is 5.47. The van der Waals surface area contributed by atoms with Crippen molar-refractivity contribution in [1.82, 2.24) is 34.5 Å². The van der Waals surface area contributed by atoms with Crippen LogP contribution in [-0.4, -0.2) is 60.7 Å². The summed E-state index contributed by atoms with van der Waals surface area (Å²) in [6.45, 7) is 5.89. The lowest BCUT2D eigenvalue weighted by Gasteiger charge is -2.44. The van der Waals surface area contributed by atoms with Crippen LogP contribution in [-0.2, 0) is 19.5 Å². The fourth-order valence-corrected chi connectivity index (χ4v) is 3.76. The number of hydrogen-bond acceptors (Lipinski definition) is 6. The van der Waals surface area contributed by atoms with E-state index in [0.717, 1.165) is 43.5 Å². The zero-order chi connectivity index (χ0) is 17.0. The van der Waals surface area contributed by atoms with E-state index in [1.54, 1.807) is 4.52 Å². The van der Waals surface area contributed by atoms with Gasteiger partial charge in [0.25, 0.3) is 0 Å². The monoisotopic (exact) mass is 338 g/mol. The Labute approximate surface area is 146 Å². The van der Waals surface area contributed by atoms with E-state index in [0.29, 0.717) is 6.04 Å². The van der Waals surface area contributed by atoms with E-state index in [1.807, 2.05) is 19.1 Å². The molecule has 3 aromatic heterocycles. The fourth-order valence-electron chi connectivity index (χ4n) is 3.76. The zero-order valence-electron chi connectivity index (χ0n) is 14.6. The standard InChI is InChI=1S/C17H22N8/c1-12-18-19-16-5-6-17(21-25(12)16)23-10-15(11-23)22(2)9-13-8-14-4-3-7-24(14)20-13/h5-6,8,15H,3-4,7,9-11H2,1-2H3. The van der Waals surface area contributed by atoms with Gasteiger partial charge in [-0.25, -0.2) is 0 Å². The third kappa shape index (κ3) is 2.48. The normalized spacial score (nSPS) is 17.5. The summed E-state index contributed by atoms with van der Waals surface area (Å²) < 4.78 is 3.97. The number of fused-ring (bicyclic) bond motifs is 2. The van der Waals surface area contributed by atoms with Gasteiger partial charge in [-0.1, -0.05) is 0 Å². The molecule has 130 valence electrons. The molecule has 2 aliphatic heterocycles. The van der Waals surface area contributed by atoms with E-state index in [1.165, 1.54) is 24.2 Å². The molecule has 0 atom stereocenters. The second-order valence-corrected chi connectivity index (χ2v) is 7.14. The average molecular weight is 338 g/mol. The molecule has 3 aromatic rings. The van der Waals surface area contributed by atoms with E-state index in [9.17, 15) is 0 Å². The van der Waals surface area contributed by atoms with Crippen LogP contribution in [0.2, 0.25) is 0 Å². The first kappa shape index (κ1) is 14.8. The maximum absolute atomic E-state index is 4.72. The second kappa shape index (κ2) is 5.52. The van der Waals surface area contributed by atoms with Gasteiger partial charge in [0.1, 0.15) is 5.82 Å². The number of aryl methyl sites for hydroxylation is 3. The zero-order valence-corrected chi connectivity index (χ0v) is 14.6. The van der Waals surface area contributed by atoms with Gasteiger partial charge < -0.3 is 4.90 Å². The predicted octanol–water partition coefficient (Wildman–Crippen LogP) is 0.896. The van der Waals surface area contributed by atoms with E-state index < -0.39 is 0 Å². The number of anilines is 1. The average Bonchev–Trinajstić information content (AvgIpc) is 3.21. The molecule has 0 amide bonds. The Hall–Kier alpha value is -2.48. The van der Waals surface area contributed by atoms with Crippen molar-refractivity contribution in [1.29, 1.82) is 0 Å². The fraction of sp³-hybridized carbons (Fsp3) is 0.529. The lowest BCUT2D eigenvalue weighted by molar-refractivity contribution is 0.194. The van der Waals surface area contributed by atoms with Crippen LogP contribution in [0.15, 0.2) is 18.2 Å². The van der Waals surface area contributed by atoms with E-state index >= 15 is 0 Å². The number of hydrogen-bond donors (Lipinski definition) is 0. The van der Waals surface area contributed by atoms with Gasteiger partial charge in [0.15, 0.2) is 11.5 Å². The summed E-state index contributed by atoms with van der Waals surface area (Å²) in [6, 6.07) is 6.81. The third-order valence-electron chi connectivity index (χ3n) is 5.34. The van der Waals surface area contributed by atoms with Crippen molar-refractivity contribution in [2.45, 2.75) is 38.9 Å². The summed E-state index contributed by atoms with van der Waals surface area (Å²) in [5.41, 5.74) is 3.37. The van der Waals surface area contributed by atoms with Crippen molar-refractivity contribution >= 4 is 11.5 Å². The molecule has 0 aromatic carbocycles. The highest BCUT2D eigenvalue weighted by Gasteiger charge is 2.31. The molecule has 25 heavy (non-hydrogen) atoms. The predicted molar refractivity (Wildman–Crippen MR) is 93.5 cm³/mol. The molecule has 0 aliphatic carbocycles. The highest BCUT2D eigenvalue weighted by atomic mass is 15.4. The van der Waals surface area contributed by atoms with Gasteiger partial charge in [-0.15, -0.1) is 15.3 Å². The summed E-state index contributed by atoms with van der Waals surface area (Å²) in [5.74, 6) is 1.81. The lowest BCUT2D eigenvalue weighted by Crippen LogP contribution is -2.58. The summed E-state index contributed by atoms with van der Waals surface area (Å²) in [4.78, 5) is 4.70. The van der Waals surface area contributed by atoms with Crippen molar-refractivity contribution in [3.05, 3.63) is 35.4 Å². The largest absolute Gasteiger partial charge is 0.352 e. The minimum absolute atomic E-state index is 0.538. The highest BCUT2D eigenvalue weighted by Crippen LogP contribution is 2.23. The number of likely N-dealkylation sites (N-methyl/N-ethyl adjacent to an activating group) is 1. The minimum atomic E-state index is 0.538. The van der Waals surface area contributed by atoms with Crippen LogP contribution in [0, 0.1) is 6.92 Å². The van der Waals surface area contributed by atoms with Crippen LogP contribution in [0.3, 0.4) is 0 Å². The molecule has 0 N–H and O–H groups in total. The van der Waals surface area contributed by atoms with Gasteiger partial charge in [-0.2, -0.15) is 9.61 Å². The van der Waals surface area contributed by atoms with Crippen molar-refractivity contribution in [3.8, 4) is 0 Å². The molecule has 5 rings (SSSR count). The van der Waals surface area contributed by atoms with Gasteiger partial charge in [-0.3, -0.25) is 9.58 Å². The van der Waals surface area contributed by atoms with E-state index in [2.05, 4.69) is 42.9 Å². The van der Waals surface area contributed by atoms with Crippen molar-refractivity contribution in [2.24, 2.45) is 0 Å². The first-order valence-electron chi connectivity index (χ1n) is 8.87. The third-order valence-corrected chi connectivity index (χ3v) is 5.34. The van der Waals surface area contributed by atoms with Crippen molar-refractivity contribution in [2.75, 3.05) is 25.0 Å². The molecule has 0 radical (unpaired) electrons. The molecule has 1 fully saturated rings. The summed E-state index contributed by atoms with van der Waals surface area (Å²) >= 11 is 0. The van der Waals surface area contributed by atoms with Crippen LogP contribution in [0.5, 0.6) is 0 Å². The Kier molecular flexibility index (Phi) is 3.27. The van der Waals surface area contributed by atoms with Gasteiger partial charge in [0.2, 0.25) is 0 Å². The lowest BCUT2D eigenvalue weighted by atomic mass is 10.1. The van der Waals surface area contributed by atoms with Crippen LogP contribution < -0.4 is 4.90 Å². The maximum atomic E-state index is 4.72. The Morgan fingerprint density at radius 2 is 2.08 bits per heavy atom. The van der Waals surface area contributed by atoms with Gasteiger partial charge in [0.05, 0.1) is 5.69 Å². The molecule has 8 nitrogen and oxygen atoms in total. The molecule has 0 unspecified atom stereocenters. The molecule has 0 saturated carbocycles. The molecular formula is C17H22N8. The van der Waals surface area contributed by atoms with Crippen LogP contribution in [0.4, 0.5) is 5.82 Å². The van der Waals surface area contributed by atoms with E-state index in [4.69, 9.17) is 5.10 Å². The molecule has 5 heterocycles. The van der Waals surface area contributed by atoms with Gasteiger partial charge in [0, 0.05) is 37.9 Å². The first-order chi connectivity index (χ1) is 12.2. The van der Waals surface area contributed by atoms with Crippen LogP contribution in [0.1, 0.15) is 23.6 Å². The number of nitrogens with zero attached hydrogens (tertiary/aromatic N) is 8. The number of aromatic nitrogens is 6. The van der Waals surface area contributed by atoms with Crippen molar-refractivity contribution < 1.29 is 0 Å². The van der Waals surface area contributed by atoms with E-state index in [-0.39, 0.29) is 0 Å². The SMILES string of the molecule is Cc1nnc2ccc(N3CC(N(C)Cc4cc5n(n4)CCC5)C3)nn12. The summed E-state index contributed by atoms with van der Waals surface area (Å²) in [7, 11) is 2.19. The van der Waals surface area contributed by atoms with Crippen LogP contribution >= 0.6 is 0 Å². The van der Waals surface area contributed by atoms with Gasteiger partial charge >= 0.3 is 0 Å². The second-order valence-electron chi connectivity index (χ2n) is 7.14. The Balaban J connectivity index is 1.23. The molecular weight excluding hydrogens is 316 g/mol. The Morgan fingerprint density at radius 1 is 1.20 bits per heavy atom. The minimum Gasteiger partial charge on any atom is -0.352 e. The maximum Gasteiger partial charge on any atom is 0.178 e. The number of rotatable bonds is 4. The smallest absolute Gasteiger partial charge is 0.178 e.